The fourth-order valence-electron chi connectivity index (χ4n) is 5.25. The fourth-order valence-corrected chi connectivity index (χ4v) is 5.25. The van der Waals surface area contributed by atoms with Gasteiger partial charge in [-0.1, -0.05) is 0 Å². The summed E-state index contributed by atoms with van der Waals surface area (Å²) in [7, 11) is 0. The lowest BCUT2D eigenvalue weighted by molar-refractivity contribution is 0.0562. The normalized spacial score (nSPS) is 21.5. The standard InChI is InChI=1S/C27H29FN6O2/c1-16(26-31-23-4-2-17(12-24(23)32-26)27(36)30-19-14-20(35)15-19)33-8-10-34(11-9-33)25-6-7-29-22-5-3-18(28)13-21(22)25/h2-7,12-13,16,19-20,35H,8-11,14-15H2,1H3,(H,30,36)(H,31,32). The highest BCUT2D eigenvalue weighted by molar-refractivity contribution is 5.97. The molecule has 3 N–H and O–H groups in total. The number of hydrogen-bond donors (Lipinski definition) is 3. The Kier molecular flexibility index (Phi) is 5.81. The number of nitrogens with zero attached hydrogens (tertiary/aromatic N) is 4. The zero-order valence-electron chi connectivity index (χ0n) is 20.1. The topological polar surface area (TPSA) is 97.4 Å². The molecule has 186 valence electrons. The van der Waals surface area contributed by atoms with Crippen LogP contribution >= 0.6 is 0 Å². The Labute approximate surface area is 208 Å². The van der Waals surface area contributed by atoms with Crippen molar-refractivity contribution in [1.82, 2.24) is 25.2 Å². The van der Waals surface area contributed by atoms with Crippen LogP contribution < -0.4 is 10.2 Å². The number of pyridine rings is 1. The van der Waals surface area contributed by atoms with Gasteiger partial charge in [0.05, 0.1) is 28.7 Å². The first-order valence-corrected chi connectivity index (χ1v) is 12.5. The lowest BCUT2D eigenvalue weighted by Gasteiger charge is -2.38. The van der Waals surface area contributed by atoms with E-state index in [2.05, 4.69) is 32.0 Å². The minimum Gasteiger partial charge on any atom is -0.393 e. The molecule has 2 fully saturated rings. The molecule has 1 unspecified atom stereocenters. The van der Waals surface area contributed by atoms with Gasteiger partial charge in [0.15, 0.2) is 0 Å². The zero-order chi connectivity index (χ0) is 24.8. The number of carbonyl (C=O) groups excluding carboxylic acids is 1. The van der Waals surface area contributed by atoms with Crippen molar-refractivity contribution < 1.29 is 14.3 Å². The van der Waals surface area contributed by atoms with Crippen LogP contribution in [0, 0.1) is 5.82 Å². The van der Waals surface area contributed by atoms with Gasteiger partial charge in [0.2, 0.25) is 0 Å². The summed E-state index contributed by atoms with van der Waals surface area (Å²) in [6, 6.07) is 12.3. The minimum absolute atomic E-state index is 0.0448. The number of piperazine rings is 1. The Morgan fingerprint density at radius 2 is 1.89 bits per heavy atom. The van der Waals surface area contributed by atoms with Gasteiger partial charge in [-0.05, 0) is 62.2 Å². The van der Waals surface area contributed by atoms with E-state index in [1.165, 1.54) is 6.07 Å². The van der Waals surface area contributed by atoms with Gasteiger partial charge < -0.3 is 20.3 Å². The number of amides is 1. The summed E-state index contributed by atoms with van der Waals surface area (Å²) >= 11 is 0. The molecule has 2 aliphatic rings. The molecule has 1 saturated heterocycles. The molecule has 1 atom stereocenters. The summed E-state index contributed by atoms with van der Waals surface area (Å²) in [6.45, 7) is 5.47. The molecule has 2 aromatic carbocycles. The van der Waals surface area contributed by atoms with Crippen molar-refractivity contribution in [2.24, 2.45) is 0 Å². The number of imidazole rings is 1. The van der Waals surface area contributed by atoms with Gasteiger partial charge in [-0.25, -0.2) is 9.37 Å². The molecule has 0 bridgehead atoms. The molecule has 0 spiro atoms. The highest BCUT2D eigenvalue weighted by Gasteiger charge is 2.29. The van der Waals surface area contributed by atoms with E-state index in [9.17, 15) is 14.3 Å². The number of hydrogen-bond acceptors (Lipinski definition) is 6. The van der Waals surface area contributed by atoms with E-state index in [-0.39, 0.29) is 29.9 Å². The summed E-state index contributed by atoms with van der Waals surface area (Å²) in [4.78, 5) is 29.8. The summed E-state index contributed by atoms with van der Waals surface area (Å²) in [5, 5.41) is 13.3. The number of halogens is 1. The van der Waals surface area contributed by atoms with Crippen LogP contribution in [-0.4, -0.2) is 69.2 Å². The second-order valence-corrected chi connectivity index (χ2v) is 9.84. The van der Waals surface area contributed by atoms with Crippen LogP contribution in [0.2, 0.25) is 0 Å². The number of nitrogens with one attached hydrogen (secondary N) is 2. The third-order valence-electron chi connectivity index (χ3n) is 7.49. The van der Waals surface area contributed by atoms with E-state index in [1.54, 1.807) is 24.4 Å². The number of aromatic nitrogens is 3. The van der Waals surface area contributed by atoms with Crippen molar-refractivity contribution in [1.29, 1.82) is 0 Å². The number of anilines is 1. The van der Waals surface area contributed by atoms with Crippen molar-refractivity contribution in [2.75, 3.05) is 31.1 Å². The Morgan fingerprint density at radius 3 is 2.67 bits per heavy atom. The average Bonchev–Trinajstić information content (AvgIpc) is 3.30. The lowest BCUT2D eigenvalue weighted by atomic mass is 9.89. The zero-order valence-corrected chi connectivity index (χ0v) is 20.1. The Morgan fingerprint density at radius 1 is 1.11 bits per heavy atom. The molecule has 0 radical (unpaired) electrons. The van der Waals surface area contributed by atoms with Crippen LogP contribution in [0.25, 0.3) is 21.9 Å². The van der Waals surface area contributed by atoms with Crippen molar-refractivity contribution >= 4 is 33.5 Å². The molecule has 6 rings (SSSR count). The minimum atomic E-state index is -0.302. The second kappa shape index (κ2) is 9.15. The molecule has 2 aromatic heterocycles. The van der Waals surface area contributed by atoms with Gasteiger partial charge >= 0.3 is 0 Å². The molecular formula is C27H29FN6O2. The van der Waals surface area contributed by atoms with E-state index in [0.29, 0.717) is 18.4 Å². The van der Waals surface area contributed by atoms with Gasteiger partial charge in [-0.15, -0.1) is 0 Å². The van der Waals surface area contributed by atoms with Crippen LogP contribution in [0.3, 0.4) is 0 Å². The van der Waals surface area contributed by atoms with Crippen molar-refractivity contribution in [2.45, 2.75) is 38.0 Å². The molecule has 4 aromatic rings. The molecule has 1 amide bonds. The predicted molar refractivity (Wildman–Crippen MR) is 136 cm³/mol. The molecule has 9 heteroatoms. The van der Waals surface area contributed by atoms with Crippen LogP contribution in [0.15, 0.2) is 48.7 Å². The van der Waals surface area contributed by atoms with Crippen LogP contribution in [0.4, 0.5) is 10.1 Å². The summed E-state index contributed by atoms with van der Waals surface area (Å²) in [5.41, 5.74) is 4.06. The quantitative estimate of drug-likeness (QED) is 0.399. The lowest BCUT2D eigenvalue weighted by Crippen LogP contribution is -2.47. The van der Waals surface area contributed by atoms with E-state index >= 15 is 0 Å². The van der Waals surface area contributed by atoms with Gasteiger partial charge in [-0.3, -0.25) is 14.7 Å². The Bertz CT molecular complexity index is 1420. The number of aliphatic hydroxyl groups excluding tert-OH is 1. The Hall–Kier alpha value is -3.56. The van der Waals surface area contributed by atoms with Gasteiger partial charge in [0.1, 0.15) is 11.6 Å². The second-order valence-electron chi connectivity index (χ2n) is 9.84. The molecule has 1 saturated carbocycles. The van der Waals surface area contributed by atoms with Crippen LogP contribution in [0.1, 0.15) is 42.0 Å². The first-order chi connectivity index (χ1) is 17.4. The number of H-pyrrole nitrogens is 1. The third kappa shape index (κ3) is 4.29. The number of benzene rings is 2. The molecule has 1 aliphatic carbocycles. The molecule has 3 heterocycles. The summed E-state index contributed by atoms with van der Waals surface area (Å²) in [5.74, 6) is 0.489. The van der Waals surface area contributed by atoms with E-state index in [0.717, 1.165) is 59.6 Å². The van der Waals surface area contributed by atoms with Crippen LogP contribution in [-0.2, 0) is 0 Å². The number of carbonyl (C=O) groups is 1. The highest BCUT2D eigenvalue weighted by atomic mass is 19.1. The average molecular weight is 489 g/mol. The van der Waals surface area contributed by atoms with Crippen molar-refractivity contribution in [3.05, 3.63) is 65.9 Å². The van der Waals surface area contributed by atoms with Crippen molar-refractivity contribution in [3.8, 4) is 0 Å². The molecule has 1 aliphatic heterocycles. The number of fused-ring (bicyclic) bond motifs is 2. The fraction of sp³-hybridized carbons (Fsp3) is 0.370. The predicted octanol–water partition coefficient (Wildman–Crippen LogP) is 3.39. The number of aromatic amines is 1. The monoisotopic (exact) mass is 488 g/mol. The maximum absolute atomic E-state index is 13.9. The van der Waals surface area contributed by atoms with E-state index < -0.39 is 0 Å². The smallest absolute Gasteiger partial charge is 0.251 e. The van der Waals surface area contributed by atoms with E-state index in [1.807, 2.05) is 18.2 Å². The first kappa shape index (κ1) is 22.9. The summed E-state index contributed by atoms with van der Waals surface area (Å²) in [6.07, 6.45) is 2.70. The van der Waals surface area contributed by atoms with Gasteiger partial charge in [0.25, 0.3) is 5.91 Å². The van der Waals surface area contributed by atoms with Crippen molar-refractivity contribution in [3.63, 3.8) is 0 Å². The number of rotatable bonds is 5. The van der Waals surface area contributed by atoms with E-state index in [4.69, 9.17) is 4.98 Å². The van der Waals surface area contributed by atoms with Gasteiger partial charge in [0, 0.05) is 55.1 Å². The maximum Gasteiger partial charge on any atom is 0.251 e. The summed E-state index contributed by atoms with van der Waals surface area (Å²) < 4.78 is 13.9. The molecule has 8 nitrogen and oxygen atoms in total. The largest absolute Gasteiger partial charge is 0.393 e. The number of aliphatic hydroxyl groups is 1. The molecule has 36 heavy (non-hydrogen) atoms. The molecular weight excluding hydrogens is 459 g/mol. The SMILES string of the molecule is CC(c1nc2ccc(C(=O)NC3CC(O)C3)cc2[nH]1)N1CCN(c2ccnc3ccc(F)cc23)CC1. The van der Waals surface area contributed by atoms with Crippen LogP contribution in [0.5, 0.6) is 0 Å². The maximum atomic E-state index is 13.9. The van der Waals surface area contributed by atoms with Gasteiger partial charge in [-0.2, -0.15) is 0 Å². The first-order valence-electron chi connectivity index (χ1n) is 12.5. The third-order valence-corrected chi connectivity index (χ3v) is 7.49. The Balaban J connectivity index is 1.13. The highest BCUT2D eigenvalue weighted by Crippen LogP contribution is 2.29.